The summed E-state index contributed by atoms with van der Waals surface area (Å²) in [7, 11) is 0. The minimum Gasteiger partial charge on any atom is -0.504 e. The monoisotopic (exact) mass is 328 g/mol. The third-order valence-electron chi connectivity index (χ3n) is 3.72. The molecule has 0 radical (unpaired) electrons. The molecule has 7 heteroatoms. The number of thioether (sulfide) groups is 1. The van der Waals surface area contributed by atoms with Crippen molar-refractivity contribution in [3.05, 3.63) is 17.7 Å². The number of nitrogens with zero attached hydrogens (tertiary/aromatic N) is 2. The largest absolute Gasteiger partial charge is 0.504 e. The van der Waals surface area contributed by atoms with Gasteiger partial charge in [-0.3, -0.25) is 4.90 Å². The molecule has 0 bridgehead atoms. The summed E-state index contributed by atoms with van der Waals surface area (Å²) in [6, 6.07) is 3.04. The normalized spacial score (nSPS) is 16.1. The number of rotatable bonds is 3. The lowest BCUT2D eigenvalue weighted by molar-refractivity contribution is 0.187. The number of phenolic OH excluding ortho intramolecular Hbond substituents is 3. The van der Waals surface area contributed by atoms with Gasteiger partial charge in [-0.05, 0) is 24.3 Å². The molecule has 116 valence electrons. The molecule has 1 saturated heterocycles. The molecule has 5 nitrogen and oxygen atoms in total. The van der Waals surface area contributed by atoms with Gasteiger partial charge in [0.2, 0.25) is 5.75 Å². The van der Waals surface area contributed by atoms with E-state index in [2.05, 4.69) is 9.80 Å². The summed E-state index contributed by atoms with van der Waals surface area (Å²) in [5.41, 5.74) is 0.646. The maximum Gasteiger partial charge on any atom is 0.200 e. The van der Waals surface area contributed by atoms with E-state index in [0.717, 1.165) is 37.0 Å². The molecular weight excluding hydrogens is 308 g/mol. The zero-order valence-corrected chi connectivity index (χ0v) is 13.6. The molecule has 1 aliphatic rings. The first-order chi connectivity index (χ1) is 10.0. The average molecular weight is 328 g/mol. The Bertz CT molecular complexity index is 517. The lowest BCUT2D eigenvalue weighted by Gasteiger charge is -2.35. The van der Waals surface area contributed by atoms with Gasteiger partial charge >= 0.3 is 0 Å². The molecule has 1 aromatic carbocycles. The molecule has 1 aliphatic heterocycles. The van der Waals surface area contributed by atoms with Gasteiger partial charge < -0.3 is 20.2 Å². The van der Waals surface area contributed by atoms with Crippen LogP contribution in [0.25, 0.3) is 0 Å². The summed E-state index contributed by atoms with van der Waals surface area (Å²) < 4.78 is 0.941. The molecule has 0 saturated carbocycles. The van der Waals surface area contributed by atoms with Crippen LogP contribution in [0.2, 0.25) is 0 Å². The summed E-state index contributed by atoms with van der Waals surface area (Å²) in [6.45, 7) is 4.52. The van der Waals surface area contributed by atoms with Gasteiger partial charge in [0.05, 0.1) is 0 Å². The molecule has 0 atom stereocenters. The van der Waals surface area contributed by atoms with Crippen LogP contribution in [0.5, 0.6) is 17.2 Å². The van der Waals surface area contributed by atoms with Crippen LogP contribution in [-0.4, -0.2) is 68.4 Å². The van der Waals surface area contributed by atoms with Gasteiger partial charge in [-0.15, -0.1) is 11.8 Å². The van der Waals surface area contributed by atoms with E-state index in [1.54, 1.807) is 17.8 Å². The predicted molar refractivity (Wildman–Crippen MR) is 89.3 cm³/mol. The van der Waals surface area contributed by atoms with Gasteiger partial charge in [0.15, 0.2) is 11.5 Å². The number of aromatic hydroxyl groups is 3. The van der Waals surface area contributed by atoms with Crippen LogP contribution in [-0.2, 0) is 6.42 Å². The molecule has 21 heavy (non-hydrogen) atoms. The molecule has 0 spiro atoms. The molecule has 0 amide bonds. The zero-order chi connectivity index (χ0) is 15.4. The summed E-state index contributed by atoms with van der Waals surface area (Å²) >= 11 is 6.89. The Morgan fingerprint density at radius 1 is 1.14 bits per heavy atom. The second-order valence-electron chi connectivity index (χ2n) is 4.99. The van der Waals surface area contributed by atoms with Crippen LogP contribution in [0.1, 0.15) is 5.56 Å². The average Bonchev–Trinajstić information content (AvgIpc) is 2.52. The maximum absolute atomic E-state index is 9.80. The Labute approximate surface area is 134 Å². The van der Waals surface area contributed by atoms with E-state index in [-0.39, 0.29) is 11.5 Å². The highest BCUT2D eigenvalue weighted by atomic mass is 32.2. The maximum atomic E-state index is 9.80. The van der Waals surface area contributed by atoms with Crippen molar-refractivity contribution in [3.8, 4) is 17.2 Å². The Hall–Kier alpha value is -1.18. The van der Waals surface area contributed by atoms with E-state index in [4.69, 9.17) is 12.2 Å². The van der Waals surface area contributed by atoms with Crippen LogP contribution in [0, 0.1) is 0 Å². The van der Waals surface area contributed by atoms with E-state index < -0.39 is 5.75 Å². The Kier molecular flexibility index (Phi) is 5.55. The van der Waals surface area contributed by atoms with Gasteiger partial charge in [-0.2, -0.15) is 0 Å². The second-order valence-corrected chi connectivity index (χ2v) is 6.43. The fourth-order valence-corrected chi connectivity index (χ4v) is 3.00. The van der Waals surface area contributed by atoms with Gasteiger partial charge in [0.25, 0.3) is 0 Å². The van der Waals surface area contributed by atoms with E-state index in [9.17, 15) is 15.3 Å². The fourth-order valence-electron chi connectivity index (χ4n) is 2.37. The van der Waals surface area contributed by atoms with Crippen molar-refractivity contribution in [1.29, 1.82) is 0 Å². The minimum absolute atomic E-state index is 0.225. The number of hydrogen-bond acceptors (Lipinski definition) is 6. The number of phenols is 3. The standard InChI is InChI=1S/C14H20N2O3S2/c1-21-14(20)16-8-6-15(7-9-16)5-4-10-2-3-11(17)13(19)12(10)18/h2-3,17-19H,4-9H2,1H3. The van der Waals surface area contributed by atoms with Crippen LogP contribution < -0.4 is 0 Å². The molecule has 1 heterocycles. The van der Waals surface area contributed by atoms with Crippen molar-refractivity contribution >= 4 is 28.3 Å². The molecule has 3 N–H and O–H groups in total. The van der Waals surface area contributed by atoms with Crippen molar-refractivity contribution in [2.75, 3.05) is 39.0 Å². The van der Waals surface area contributed by atoms with Crippen LogP contribution in [0.15, 0.2) is 12.1 Å². The third kappa shape index (κ3) is 3.93. The van der Waals surface area contributed by atoms with Gasteiger partial charge in [0, 0.05) is 32.7 Å². The molecule has 0 unspecified atom stereocenters. The number of benzene rings is 1. The summed E-state index contributed by atoms with van der Waals surface area (Å²) in [6.07, 6.45) is 2.63. The van der Waals surface area contributed by atoms with Crippen molar-refractivity contribution in [2.24, 2.45) is 0 Å². The highest BCUT2D eigenvalue weighted by molar-refractivity contribution is 8.22. The molecular formula is C14H20N2O3S2. The van der Waals surface area contributed by atoms with Crippen molar-refractivity contribution in [1.82, 2.24) is 9.80 Å². The van der Waals surface area contributed by atoms with E-state index in [1.165, 1.54) is 6.07 Å². The molecule has 0 aromatic heterocycles. The van der Waals surface area contributed by atoms with Gasteiger partial charge in [0.1, 0.15) is 4.32 Å². The first kappa shape index (κ1) is 16.2. The topological polar surface area (TPSA) is 67.2 Å². The SMILES string of the molecule is CSC(=S)N1CCN(CCc2ccc(O)c(O)c2O)CC1. The fraction of sp³-hybridized carbons (Fsp3) is 0.500. The van der Waals surface area contributed by atoms with Crippen molar-refractivity contribution < 1.29 is 15.3 Å². The highest BCUT2D eigenvalue weighted by Gasteiger charge is 2.19. The van der Waals surface area contributed by atoms with Crippen molar-refractivity contribution in [2.45, 2.75) is 6.42 Å². The summed E-state index contributed by atoms with van der Waals surface area (Å²) in [4.78, 5) is 4.52. The quantitative estimate of drug-likeness (QED) is 0.575. The van der Waals surface area contributed by atoms with Gasteiger partial charge in [-0.1, -0.05) is 18.3 Å². The Balaban J connectivity index is 1.85. The predicted octanol–water partition coefficient (Wildman–Crippen LogP) is 1.61. The summed E-state index contributed by atoms with van der Waals surface area (Å²) in [5, 5.41) is 28.6. The smallest absolute Gasteiger partial charge is 0.200 e. The van der Waals surface area contributed by atoms with Crippen LogP contribution in [0.4, 0.5) is 0 Å². The minimum atomic E-state index is -0.442. The second kappa shape index (κ2) is 7.20. The first-order valence-corrected chi connectivity index (χ1v) is 8.44. The number of hydrogen-bond donors (Lipinski definition) is 3. The Morgan fingerprint density at radius 3 is 2.43 bits per heavy atom. The lowest BCUT2D eigenvalue weighted by atomic mass is 10.1. The van der Waals surface area contributed by atoms with Crippen LogP contribution in [0.3, 0.4) is 0 Å². The van der Waals surface area contributed by atoms with Crippen molar-refractivity contribution in [3.63, 3.8) is 0 Å². The highest BCUT2D eigenvalue weighted by Crippen LogP contribution is 2.37. The zero-order valence-electron chi connectivity index (χ0n) is 11.9. The molecule has 0 aliphatic carbocycles. The van der Waals surface area contributed by atoms with Gasteiger partial charge in [-0.25, -0.2) is 0 Å². The summed E-state index contributed by atoms with van der Waals surface area (Å²) in [5.74, 6) is -0.963. The lowest BCUT2D eigenvalue weighted by Crippen LogP contribution is -2.47. The molecule has 2 rings (SSSR count). The molecule has 1 fully saturated rings. The Morgan fingerprint density at radius 2 is 1.81 bits per heavy atom. The van der Waals surface area contributed by atoms with E-state index in [1.807, 2.05) is 6.26 Å². The number of piperazine rings is 1. The number of thiocarbonyl (C=S) groups is 1. The van der Waals surface area contributed by atoms with E-state index >= 15 is 0 Å². The molecule has 1 aromatic rings. The third-order valence-corrected chi connectivity index (χ3v) is 5.08. The first-order valence-electron chi connectivity index (χ1n) is 6.81. The van der Waals surface area contributed by atoms with Crippen LogP contribution >= 0.6 is 24.0 Å². The van der Waals surface area contributed by atoms with E-state index in [0.29, 0.717) is 12.0 Å².